The maximum atomic E-state index is 10.4. The van der Waals surface area contributed by atoms with Gasteiger partial charge in [0, 0.05) is 11.6 Å². The molecule has 0 spiro atoms. The van der Waals surface area contributed by atoms with Crippen LogP contribution < -0.4 is 0 Å². The van der Waals surface area contributed by atoms with E-state index < -0.39 is 5.24 Å². The topological polar surface area (TPSA) is 40.9 Å². The third-order valence-electron chi connectivity index (χ3n) is 1.21. The zero-order chi connectivity index (χ0) is 8.97. The standard InChI is InChI=1S/C8H4ClNOS/c9-8(11)3-7(4-10)6-1-2-12-5-6/h1-3,5H/b7-3-. The highest BCUT2D eigenvalue weighted by atomic mass is 35.5. The molecule has 0 saturated carbocycles. The van der Waals surface area contributed by atoms with Gasteiger partial charge in [0.15, 0.2) is 0 Å². The van der Waals surface area contributed by atoms with Gasteiger partial charge in [-0.3, -0.25) is 4.79 Å². The molecule has 0 fully saturated rings. The van der Waals surface area contributed by atoms with Gasteiger partial charge in [0.25, 0.3) is 0 Å². The van der Waals surface area contributed by atoms with Crippen LogP contribution in [0.2, 0.25) is 0 Å². The number of halogens is 1. The maximum absolute atomic E-state index is 10.4. The Bertz CT molecular complexity index is 348. The minimum absolute atomic E-state index is 0.302. The molecule has 0 bridgehead atoms. The number of nitrogens with zero attached hydrogens (tertiary/aromatic N) is 1. The Balaban J connectivity index is 3.01. The van der Waals surface area contributed by atoms with Crippen molar-refractivity contribution in [2.75, 3.05) is 0 Å². The fourth-order valence-electron chi connectivity index (χ4n) is 0.711. The van der Waals surface area contributed by atoms with Gasteiger partial charge in [-0.15, -0.1) is 0 Å². The van der Waals surface area contributed by atoms with Crippen LogP contribution in [0.5, 0.6) is 0 Å². The van der Waals surface area contributed by atoms with Crippen molar-refractivity contribution >= 4 is 33.8 Å². The minimum atomic E-state index is -0.627. The second-order valence-electron chi connectivity index (χ2n) is 1.99. The van der Waals surface area contributed by atoms with Crippen LogP contribution in [0.1, 0.15) is 5.56 Å². The lowest BCUT2D eigenvalue weighted by atomic mass is 10.1. The van der Waals surface area contributed by atoms with Crippen molar-refractivity contribution in [3.63, 3.8) is 0 Å². The molecular formula is C8H4ClNOS. The van der Waals surface area contributed by atoms with Crippen molar-refractivity contribution in [1.29, 1.82) is 5.26 Å². The van der Waals surface area contributed by atoms with Crippen LogP contribution in [0.15, 0.2) is 22.9 Å². The van der Waals surface area contributed by atoms with E-state index >= 15 is 0 Å². The zero-order valence-electron chi connectivity index (χ0n) is 5.95. The number of hydrogen-bond acceptors (Lipinski definition) is 3. The fraction of sp³-hybridized carbons (Fsp3) is 0. The lowest BCUT2D eigenvalue weighted by Gasteiger charge is -1.88. The summed E-state index contributed by atoms with van der Waals surface area (Å²) in [5, 5.41) is 11.6. The fourth-order valence-corrected chi connectivity index (χ4v) is 1.48. The summed E-state index contributed by atoms with van der Waals surface area (Å²) in [4.78, 5) is 10.4. The van der Waals surface area contributed by atoms with Crippen LogP contribution in [0.3, 0.4) is 0 Å². The number of thiophene rings is 1. The summed E-state index contributed by atoms with van der Waals surface area (Å²) in [5.74, 6) is 0. The number of nitriles is 1. The molecule has 60 valence electrons. The number of carbonyl (C=O) groups excluding carboxylic acids is 1. The molecule has 0 unspecified atom stereocenters. The van der Waals surface area contributed by atoms with E-state index in [0.717, 1.165) is 11.6 Å². The molecule has 0 saturated heterocycles. The Hall–Kier alpha value is -1.11. The lowest BCUT2D eigenvalue weighted by molar-refractivity contribution is -0.107. The third kappa shape index (κ3) is 2.19. The van der Waals surface area contributed by atoms with Gasteiger partial charge in [-0.05, 0) is 28.4 Å². The van der Waals surface area contributed by atoms with Crippen LogP contribution in [0.4, 0.5) is 0 Å². The average Bonchev–Trinajstić information content (AvgIpc) is 2.51. The van der Waals surface area contributed by atoms with Gasteiger partial charge in [0.05, 0.1) is 11.6 Å². The molecule has 0 atom stereocenters. The van der Waals surface area contributed by atoms with Gasteiger partial charge >= 0.3 is 0 Å². The van der Waals surface area contributed by atoms with Crippen molar-refractivity contribution < 1.29 is 4.79 Å². The van der Waals surface area contributed by atoms with E-state index in [1.165, 1.54) is 11.3 Å². The number of carbonyl (C=O) groups is 1. The van der Waals surface area contributed by atoms with Gasteiger partial charge in [0.1, 0.15) is 0 Å². The molecule has 0 N–H and O–H groups in total. The van der Waals surface area contributed by atoms with Gasteiger partial charge in [-0.2, -0.15) is 16.6 Å². The highest BCUT2D eigenvalue weighted by Crippen LogP contribution is 2.16. The predicted octanol–water partition coefficient (Wildman–Crippen LogP) is 2.42. The number of rotatable bonds is 2. The van der Waals surface area contributed by atoms with E-state index in [4.69, 9.17) is 16.9 Å². The van der Waals surface area contributed by atoms with Crippen LogP contribution in [-0.4, -0.2) is 5.24 Å². The Morgan fingerprint density at radius 2 is 2.50 bits per heavy atom. The van der Waals surface area contributed by atoms with Gasteiger partial charge in [-0.1, -0.05) is 0 Å². The molecule has 1 rings (SSSR count). The summed E-state index contributed by atoms with van der Waals surface area (Å²) in [6, 6.07) is 3.66. The molecule has 0 aliphatic carbocycles. The van der Waals surface area contributed by atoms with Crippen molar-refractivity contribution in [3.8, 4) is 6.07 Å². The first-order valence-electron chi connectivity index (χ1n) is 3.08. The zero-order valence-corrected chi connectivity index (χ0v) is 7.52. The molecule has 1 aromatic rings. The average molecular weight is 198 g/mol. The van der Waals surface area contributed by atoms with Gasteiger partial charge in [-0.25, -0.2) is 0 Å². The molecule has 1 aromatic heterocycles. The second-order valence-corrected chi connectivity index (χ2v) is 3.14. The summed E-state index contributed by atoms with van der Waals surface area (Å²) >= 11 is 6.57. The van der Waals surface area contributed by atoms with E-state index in [0.29, 0.717) is 5.57 Å². The molecule has 1 heterocycles. The van der Waals surface area contributed by atoms with E-state index in [9.17, 15) is 4.79 Å². The largest absolute Gasteiger partial charge is 0.276 e. The predicted molar refractivity (Wildman–Crippen MR) is 48.8 cm³/mol. The first-order valence-corrected chi connectivity index (χ1v) is 4.40. The molecule has 0 aliphatic heterocycles. The second kappa shape index (κ2) is 4.05. The monoisotopic (exact) mass is 197 g/mol. The molecule has 12 heavy (non-hydrogen) atoms. The summed E-state index contributed by atoms with van der Waals surface area (Å²) in [6.07, 6.45) is 1.11. The third-order valence-corrected chi connectivity index (χ3v) is 2.00. The summed E-state index contributed by atoms with van der Waals surface area (Å²) in [7, 11) is 0. The molecule has 0 radical (unpaired) electrons. The van der Waals surface area contributed by atoms with Crippen molar-refractivity contribution in [1.82, 2.24) is 0 Å². The minimum Gasteiger partial charge on any atom is -0.276 e. The molecule has 4 heteroatoms. The number of hydrogen-bond donors (Lipinski definition) is 0. The van der Waals surface area contributed by atoms with E-state index in [1.807, 2.05) is 11.4 Å². The van der Waals surface area contributed by atoms with Crippen LogP contribution in [0.25, 0.3) is 5.57 Å². The lowest BCUT2D eigenvalue weighted by Crippen LogP contribution is -1.82. The van der Waals surface area contributed by atoms with Crippen LogP contribution in [-0.2, 0) is 4.79 Å². The smallest absolute Gasteiger partial charge is 0.246 e. The SMILES string of the molecule is N#C/C(=C/C(=O)Cl)c1ccsc1. The highest BCUT2D eigenvalue weighted by Gasteiger charge is 2.01. The first kappa shape index (κ1) is 8.98. The Morgan fingerprint density at radius 1 is 1.75 bits per heavy atom. The molecule has 0 amide bonds. The van der Waals surface area contributed by atoms with Crippen molar-refractivity contribution in [2.45, 2.75) is 0 Å². The maximum Gasteiger partial charge on any atom is 0.246 e. The summed E-state index contributed by atoms with van der Waals surface area (Å²) < 4.78 is 0. The molecular weight excluding hydrogens is 194 g/mol. The molecule has 0 aromatic carbocycles. The van der Waals surface area contributed by atoms with Gasteiger partial charge < -0.3 is 0 Å². The number of allylic oxidation sites excluding steroid dienone is 2. The Morgan fingerprint density at radius 3 is 2.92 bits per heavy atom. The first-order chi connectivity index (χ1) is 5.74. The van der Waals surface area contributed by atoms with Crippen molar-refractivity contribution in [2.24, 2.45) is 0 Å². The highest BCUT2D eigenvalue weighted by molar-refractivity contribution is 7.08. The molecule has 0 aliphatic rings. The van der Waals surface area contributed by atoms with E-state index in [-0.39, 0.29) is 0 Å². The summed E-state index contributed by atoms with van der Waals surface area (Å²) in [5.41, 5.74) is 1.03. The van der Waals surface area contributed by atoms with Gasteiger partial charge in [0.2, 0.25) is 5.24 Å². The van der Waals surface area contributed by atoms with Crippen LogP contribution >= 0.6 is 22.9 Å². The Labute approximate surface area is 78.7 Å². The normalized spacial score (nSPS) is 10.8. The van der Waals surface area contributed by atoms with E-state index in [1.54, 1.807) is 11.4 Å². The van der Waals surface area contributed by atoms with E-state index in [2.05, 4.69) is 0 Å². The van der Waals surface area contributed by atoms with Crippen molar-refractivity contribution in [3.05, 3.63) is 28.5 Å². The Kier molecular flexibility index (Phi) is 3.03. The quantitative estimate of drug-likeness (QED) is 0.415. The molecule has 2 nitrogen and oxygen atoms in total. The van der Waals surface area contributed by atoms with Crippen LogP contribution in [0, 0.1) is 11.3 Å². The summed E-state index contributed by atoms with van der Waals surface area (Å²) in [6.45, 7) is 0.